The first-order valence-electron chi connectivity index (χ1n) is 16.6. The largest absolute Gasteiger partial charge is 0.236 e. The van der Waals surface area contributed by atoms with Gasteiger partial charge in [0.15, 0.2) is 0 Å². The first-order valence-corrected chi connectivity index (χ1v) is 17.4. The van der Waals surface area contributed by atoms with Crippen LogP contribution >= 0.6 is 11.3 Å². The molecule has 1 aliphatic carbocycles. The fourth-order valence-corrected chi connectivity index (χ4v) is 8.82. The Hall–Kier alpha value is -5.57. The summed E-state index contributed by atoms with van der Waals surface area (Å²) in [5.74, 6) is 0. The molecule has 0 bridgehead atoms. The van der Waals surface area contributed by atoms with Crippen molar-refractivity contribution in [1.82, 2.24) is 4.98 Å². The molecule has 1 atom stereocenters. The van der Waals surface area contributed by atoms with E-state index in [4.69, 9.17) is 4.98 Å². The lowest BCUT2D eigenvalue weighted by Gasteiger charge is -2.34. The molecular weight excluding hydrogens is 599 g/mol. The maximum absolute atomic E-state index is 5.06. The van der Waals surface area contributed by atoms with Crippen molar-refractivity contribution < 1.29 is 0 Å². The Balaban J connectivity index is 0.000000746. The molecule has 0 saturated carbocycles. The summed E-state index contributed by atoms with van der Waals surface area (Å²) in [5.41, 5.74) is 9.54. The molecule has 48 heavy (non-hydrogen) atoms. The average molecular weight is 632 g/mol. The molecule has 0 amide bonds. The van der Waals surface area contributed by atoms with Gasteiger partial charge in [-0.25, -0.2) is 4.98 Å². The average Bonchev–Trinajstić information content (AvgIpc) is 3.72. The minimum atomic E-state index is -0.482. The third-order valence-corrected chi connectivity index (χ3v) is 11.1. The molecule has 0 spiro atoms. The van der Waals surface area contributed by atoms with Crippen molar-refractivity contribution in [3.8, 4) is 21.7 Å². The molecule has 0 radical (unpaired) electrons. The van der Waals surface area contributed by atoms with Crippen LogP contribution in [0.1, 0.15) is 36.1 Å². The summed E-state index contributed by atoms with van der Waals surface area (Å²) in [4.78, 5) is 5.06. The van der Waals surface area contributed by atoms with Gasteiger partial charge in [-0.15, -0.1) is 11.3 Å². The van der Waals surface area contributed by atoms with Crippen LogP contribution in [0, 0.1) is 0 Å². The first-order chi connectivity index (χ1) is 23.7. The van der Waals surface area contributed by atoms with Crippen LogP contribution in [0.5, 0.6) is 0 Å². The number of hydrogen-bond acceptors (Lipinski definition) is 2. The van der Waals surface area contributed by atoms with Gasteiger partial charge in [0.05, 0.1) is 15.6 Å². The highest BCUT2D eigenvalue weighted by Crippen LogP contribution is 2.57. The number of fused-ring (bicyclic) bond motifs is 4. The van der Waals surface area contributed by atoms with Gasteiger partial charge in [-0.3, -0.25) is 0 Å². The van der Waals surface area contributed by atoms with E-state index >= 15 is 0 Å². The van der Waals surface area contributed by atoms with Crippen LogP contribution in [0.15, 0.2) is 164 Å². The van der Waals surface area contributed by atoms with E-state index < -0.39 is 5.41 Å². The molecule has 10 rings (SSSR count). The second-order valence-electron chi connectivity index (χ2n) is 12.6. The van der Waals surface area contributed by atoms with Gasteiger partial charge in [-0.2, -0.15) is 0 Å². The fourth-order valence-electron chi connectivity index (χ4n) is 7.86. The van der Waals surface area contributed by atoms with Gasteiger partial charge < -0.3 is 0 Å². The van der Waals surface area contributed by atoms with Crippen molar-refractivity contribution in [2.24, 2.45) is 0 Å². The zero-order valence-electron chi connectivity index (χ0n) is 26.9. The maximum Gasteiger partial charge on any atom is 0.124 e. The van der Waals surface area contributed by atoms with E-state index in [-0.39, 0.29) is 0 Å². The summed E-state index contributed by atoms with van der Waals surface area (Å²) in [6.45, 7) is 4.00. The molecule has 0 saturated heterocycles. The maximum atomic E-state index is 5.06. The Labute approximate surface area is 284 Å². The normalized spacial score (nSPS) is 15.3. The predicted molar refractivity (Wildman–Crippen MR) is 207 cm³/mol. The van der Waals surface area contributed by atoms with E-state index in [1.54, 1.807) is 11.3 Å². The number of hydrogen-bond donors (Lipinski definition) is 0. The van der Waals surface area contributed by atoms with Gasteiger partial charge in [0.25, 0.3) is 0 Å². The van der Waals surface area contributed by atoms with Crippen molar-refractivity contribution in [2.45, 2.75) is 19.3 Å². The van der Waals surface area contributed by atoms with E-state index in [1.165, 1.54) is 70.4 Å². The number of rotatable bonds is 3. The number of allylic oxidation sites excluding steroid dienone is 2. The van der Waals surface area contributed by atoms with Crippen molar-refractivity contribution in [3.63, 3.8) is 0 Å². The lowest BCUT2D eigenvalue weighted by atomic mass is 9.67. The molecule has 1 aliphatic rings. The van der Waals surface area contributed by atoms with E-state index in [2.05, 4.69) is 152 Å². The SMILES string of the molecule is C/C=C\C.c1ccc(C2(c3cc4ccc5cccc6ccc(c3)c4c56)c3ccccc3-c3ccc(-c4nc5ccccc5s4)cc32)cc1. The molecule has 0 aliphatic heterocycles. The first kappa shape index (κ1) is 28.6. The highest BCUT2D eigenvalue weighted by molar-refractivity contribution is 7.21. The highest BCUT2D eigenvalue weighted by Gasteiger charge is 2.46. The van der Waals surface area contributed by atoms with Crippen molar-refractivity contribution in [1.29, 1.82) is 0 Å². The number of aromatic nitrogens is 1. The van der Waals surface area contributed by atoms with E-state index in [0.717, 1.165) is 16.1 Å². The molecule has 1 aromatic heterocycles. The standard InChI is InChI=1S/C42H25NS.C4H8/c1-2-11-31(12-3-1)42(32-23-28-19-17-26-9-8-10-27-18-20-29(24-32)40(28)39(26)27)35-14-5-4-13-33(35)34-22-21-30(25-36(34)42)41-43-37-15-6-7-16-38(37)44-41;1-3-4-2/h1-25H;3-4H,1-2H3/b;4-3-. The predicted octanol–water partition coefficient (Wildman–Crippen LogP) is 12.8. The molecule has 1 nitrogen and oxygen atoms in total. The van der Waals surface area contributed by atoms with Gasteiger partial charge >= 0.3 is 0 Å². The zero-order valence-corrected chi connectivity index (χ0v) is 27.8. The summed E-state index contributed by atoms with van der Waals surface area (Å²) < 4.78 is 1.22. The number of nitrogens with zero attached hydrogens (tertiary/aromatic N) is 1. The lowest BCUT2D eigenvalue weighted by molar-refractivity contribution is 0.771. The minimum Gasteiger partial charge on any atom is -0.236 e. The summed E-state index contributed by atoms with van der Waals surface area (Å²) >= 11 is 1.77. The molecule has 0 N–H and O–H groups in total. The smallest absolute Gasteiger partial charge is 0.124 e. The van der Waals surface area contributed by atoms with Crippen LogP contribution in [0.2, 0.25) is 0 Å². The quantitative estimate of drug-likeness (QED) is 0.140. The third kappa shape index (κ3) is 4.19. The zero-order chi connectivity index (χ0) is 32.2. The fraction of sp³-hybridized carbons (Fsp3) is 0.0652. The second kappa shape index (κ2) is 11.3. The van der Waals surface area contributed by atoms with Crippen LogP contribution in [0.25, 0.3) is 64.2 Å². The number of benzene rings is 8. The Morgan fingerprint density at radius 3 is 1.85 bits per heavy atom. The van der Waals surface area contributed by atoms with Gasteiger partial charge in [-0.1, -0.05) is 133 Å². The Morgan fingerprint density at radius 2 is 1.12 bits per heavy atom. The number of para-hydroxylation sites is 1. The molecule has 1 unspecified atom stereocenters. The summed E-state index contributed by atoms with van der Waals surface area (Å²) in [7, 11) is 0. The Morgan fingerprint density at radius 1 is 0.500 bits per heavy atom. The Kier molecular flexibility index (Phi) is 6.74. The van der Waals surface area contributed by atoms with Crippen molar-refractivity contribution in [3.05, 3.63) is 186 Å². The van der Waals surface area contributed by atoms with Crippen molar-refractivity contribution >= 4 is 53.9 Å². The highest BCUT2D eigenvalue weighted by atomic mass is 32.1. The van der Waals surface area contributed by atoms with Crippen LogP contribution in [-0.4, -0.2) is 4.98 Å². The van der Waals surface area contributed by atoms with Gasteiger partial charge in [0, 0.05) is 5.56 Å². The van der Waals surface area contributed by atoms with Crippen LogP contribution in [0.4, 0.5) is 0 Å². The van der Waals surface area contributed by atoms with Crippen LogP contribution in [-0.2, 0) is 5.41 Å². The molecule has 228 valence electrons. The van der Waals surface area contributed by atoms with Crippen LogP contribution < -0.4 is 0 Å². The molecule has 2 heteroatoms. The lowest BCUT2D eigenvalue weighted by Crippen LogP contribution is -2.28. The van der Waals surface area contributed by atoms with Gasteiger partial charge in [-0.05, 0) is 110 Å². The summed E-state index contributed by atoms with van der Waals surface area (Å²) in [6, 6.07) is 56.2. The number of thiazole rings is 1. The molecule has 1 heterocycles. The Bertz CT molecular complexity index is 2540. The molecular formula is C46H33NS. The monoisotopic (exact) mass is 631 g/mol. The van der Waals surface area contributed by atoms with Gasteiger partial charge in [0.1, 0.15) is 5.01 Å². The van der Waals surface area contributed by atoms with Crippen LogP contribution in [0.3, 0.4) is 0 Å². The third-order valence-electron chi connectivity index (χ3n) is 10.0. The van der Waals surface area contributed by atoms with E-state index in [9.17, 15) is 0 Å². The van der Waals surface area contributed by atoms with Gasteiger partial charge in [0.2, 0.25) is 0 Å². The second-order valence-corrected chi connectivity index (χ2v) is 13.6. The van der Waals surface area contributed by atoms with E-state index in [0.29, 0.717) is 0 Å². The minimum absolute atomic E-state index is 0.482. The van der Waals surface area contributed by atoms with E-state index in [1.807, 2.05) is 26.0 Å². The molecule has 9 aromatic rings. The summed E-state index contributed by atoms with van der Waals surface area (Å²) in [5, 5.41) is 8.92. The molecule has 8 aromatic carbocycles. The molecule has 0 fully saturated rings. The summed E-state index contributed by atoms with van der Waals surface area (Å²) in [6.07, 6.45) is 4.00. The van der Waals surface area contributed by atoms with Crippen molar-refractivity contribution in [2.75, 3.05) is 0 Å². The topological polar surface area (TPSA) is 12.9 Å².